The maximum atomic E-state index is 12.4. The number of ether oxygens (including phenoxy) is 3. The third kappa shape index (κ3) is 4.79. The van der Waals surface area contributed by atoms with Crippen LogP contribution in [-0.4, -0.2) is 12.6 Å². The molecule has 3 aromatic rings. The number of hydrogen-bond acceptors (Lipinski definition) is 6. The topological polar surface area (TPSA) is 94.6 Å². The van der Waals surface area contributed by atoms with Crippen molar-refractivity contribution in [3.63, 3.8) is 0 Å². The molecule has 1 aliphatic rings. The predicted molar refractivity (Wildman–Crippen MR) is 124 cm³/mol. The molecule has 0 spiro atoms. The quantitative estimate of drug-likeness (QED) is 0.406. The lowest BCUT2D eigenvalue weighted by atomic mass is 9.83. The van der Waals surface area contributed by atoms with E-state index in [0.717, 1.165) is 16.7 Å². The molecule has 33 heavy (non-hydrogen) atoms. The van der Waals surface area contributed by atoms with Crippen LogP contribution in [0.4, 0.5) is 0 Å². The molecule has 0 radical (unpaired) electrons. The van der Waals surface area contributed by atoms with E-state index in [1.54, 1.807) is 42.5 Å². The maximum Gasteiger partial charge on any atom is 0.315 e. The van der Waals surface area contributed by atoms with Crippen LogP contribution in [0.3, 0.4) is 0 Å². The molecule has 2 N–H and O–H groups in total. The molecular formula is C26H21ClN2O4. The van der Waals surface area contributed by atoms with Crippen molar-refractivity contribution in [2.75, 3.05) is 6.61 Å². The molecule has 1 atom stereocenters. The first-order valence-electron chi connectivity index (χ1n) is 10.4. The summed E-state index contributed by atoms with van der Waals surface area (Å²) in [6.07, 6.45) is 0.0973. The number of rotatable bonds is 6. The van der Waals surface area contributed by atoms with Crippen molar-refractivity contribution in [3.8, 4) is 23.3 Å². The molecule has 166 valence electrons. The average molecular weight is 461 g/mol. The van der Waals surface area contributed by atoms with E-state index in [0.29, 0.717) is 34.5 Å². The van der Waals surface area contributed by atoms with Crippen LogP contribution in [0.25, 0.3) is 0 Å². The Hall–Kier alpha value is -3.95. The first-order chi connectivity index (χ1) is 16.0. The van der Waals surface area contributed by atoms with Crippen molar-refractivity contribution in [2.45, 2.75) is 19.3 Å². The summed E-state index contributed by atoms with van der Waals surface area (Å²) in [7, 11) is 0. The summed E-state index contributed by atoms with van der Waals surface area (Å²) in [5.74, 6) is 0.507. The molecule has 4 rings (SSSR count). The van der Waals surface area contributed by atoms with Gasteiger partial charge in [-0.25, -0.2) is 0 Å². The van der Waals surface area contributed by atoms with Gasteiger partial charge >= 0.3 is 5.97 Å². The zero-order valence-corrected chi connectivity index (χ0v) is 18.6. The molecule has 1 aliphatic heterocycles. The van der Waals surface area contributed by atoms with Crippen LogP contribution in [-0.2, 0) is 11.2 Å². The second kappa shape index (κ2) is 9.68. The Bertz CT molecular complexity index is 1260. The Morgan fingerprint density at radius 1 is 1.12 bits per heavy atom. The minimum Gasteiger partial charge on any atom is -0.494 e. The van der Waals surface area contributed by atoms with Gasteiger partial charge in [-0.3, -0.25) is 4.79 Å². The highest BCUT2D eigenvalue weighted by molar-refractivity contribution is 6.30. The molecule has 1 heterocycles. The number of fused-ring (bicyclic) bond motifs is 1. The normalized spacial score (nSPS) is 14.6. The van der Waals surface area contributed by atoms with Gasteiger partial charge in [-0.1, -0.05) is 48.0 Å². The number of carbonyl (C=O) groups excluding carboxylic acids is 1. The molecule has 0 saturated carbocycles. The Morgan fingerprint density at radius 3 is 2.61 bits per heavy atom. The van der Waals surface area contributed by atoms with E-state index in [1.807, 2.05) is 31.2 Å². The van der Waals surface area contributed by atoms with Crippen LogP contribution in [0.1, 0.15) is 29.5 Å². The highest BCUT2D eigenvalue weighted by Gasteiger charge is 2.32. The summed E-state index contributed by atoms with van der Waals surface area (Å²) in [5.41, 5.74) is 8.71. The van der Waals surface area contributed by atoms with Crippen LogP contribution >= 0.6 is 11.6 Å². The van der Waals surface area contributed by atoms with E-state index in [9.17, 15) is 10.1 Å². The van der Waals surface area contributed by atoms with E-state index in [-0.39, 0.29) is 12.3 Å². The first kappa shape index (κ1) is 22.3. The Morgan fingerprint density at radius 2 is 1.88 bits per heavy atom. The summed E-state index contributed by atoms with van der Waals surface area (Å²) in [5, 5.41) is 10.4. The van der Waals surface area contributed by atoms with E-state index < -0.39 is 11.9 Å². The van der Waals surface area contributed by atoms with Crippen molar-refractivity contribution < 1.29 is 19.0 Å². The van der Waals surface area contributed by atoms with Crippen molar-refractivity contribution in [2.24, 2.45) is 5.73 Å². The largest absolute Gasteiger partial charge is 0.494 e. The predicted octanol–water partition coefficient (Wildman–Crippen LogP) is 5.10. The summed E-state index contributed by atoms with van der Waals surface area (Å²) in [6.45, 7) is 2.38. The van der Waals surface area contributed by atoms with Crippen LogP contribution in [0, 0.1) is 11.3 Å². The van der Waals surface area contributed by atoms with Crippen molar-refractivity contribution in [3.05, 3.63) is 99.9 Å². The second-order valence-electron chi connectivity index (χ2n) is 7.37. The fourth-order valence-electron chi connectivity index (χ4n) is 3.76. The van der Waals surface area contributed by atoms with Gasteiger partial charge in [-0.05, 0) is 36.8 Å². The third-order valence-electron chi connectivity index (χ3n) is 5.21. The molecule has 0 aliphatic carbocycles. The number of nitriles is 1. The van der Waals surface area contributed by atoms with Crippen LogP contribution in [0.2, 0.25) is 5.02 Å². The van der Waals surface area contributed by atoms with Gasteiger partial charge in [0.1, 0.15) is 28.9 Å². The molecule has 0 bridgehead atoms. The van der Waals surface area contributed by atoms with Gasteiger partial charge in [0.15, 0.2) is 0 Å². The molecule has 7 heteroatoms. The SMILES string of the molecule is CCOc1ccccc1C1C(C#N)=C(N)Oc2cc(OC(=O)Cc3ccc(Cl)cc3)ccc21. The number of benzene rings is 3. The second-order valence-corrected chi connectivity index (χ2v) is 7.81. The average Bonchev–Trinajstić information content (AvgIpc) is 2.80. The molecule has 0 amide bonds. The van der Waals surface area contributed by atoms with Gasteiger partial charge in [0.25, 0.3) is 0 Å². The molecule has 1 unspecified atom stereocenters. The Kier molecular flexibility index (Phi) is 6.53. The van der Waals surface area contributed by atoms with E-state index in [2.05, 4.69) is 6.07 Å². The summed E-state index contributed by atoms with van der Waals surface area (Å²) >= 11 is 5.89. The highest BCUT2D eigenvalue weighted by atomic mass is 35.5. The lowest BCUT2D eigenvalue weighted by molar-refractivity contribution is -0.133. The smallest absolute Gasteiger partial charge is 0.315 e. The molecule has 6 nitrogen and oxygen atoms in total. The summed E-state index contributed by atoms with van der Waals surface area (Å²) in [6, 6.07) is 21.7. The maximum absolute atomic E-state index is 12.4. The molecule has 0 saturated heterocycles. The third-order valence-corrected chi connectivity index (χ3v) is 5.47. The molecule has 3 aromatic carbocycles. The van der Waals surface area contributed by atoms with E-state index in [4.69, 9.17) is 31.5 Å². The lowest BCUT2D eigenvalue weighted by Gasteiger charge is -2.27. The molecular weight excluding hydrogens is 440 g/mol. The number of halogens is 1. The number of esters is 1. The molecule has 0 aromatic heterocycles. The Balaban J connectivity index is 1.64. The van der Waals surface area contributed by atoms with Crippen LogP contribution in [0.15, 0.2) is 78.2 Å². The fourth-order valence-corrected chi connectivity index (χ4v) is 3.89. The number of carbonyl (C=O) groups is 1. The standard InChI is InChI=1S/C26H21ClN2O4/c1-2-31-22-6-4-3-5-19(22)25-20-12-11-18(14-23(20)33-26(29)21(25)15-28)32-24(30)13-16-7-9-17(27)10-8-16/h3-12,14,25H,2,13,29H2,1H3. The van der Waals surface area contributed by atoms with Crippen LogP contribution in [0.5, 0.6) is 17.2 Å². The monoisotopic (exact) mass is 460 g/mol. The van der Waals surface area contributed by atoms with Gasteiger partial charge in [-0.15, -0.1) is 0 Å². The number of hydrogen-bond donors (Lipinski definition) is 1. The number of allylic oxidation sites excluding steroid dienone is 1. The zero-order chi connectivity index (χ0) is 23.4. The minimum atomic E-state index is -0.472. The van der Waals surface area contributed by atoms with E-state index >= 15 is 0 Å². The number of para-hydroxylation sites is 1. The van der Waals surface area contributed by atoms with Gasteiger partial charge < -0.3 is 19.9 Å². The van der Waals surface area contributed by atoms with Gasteiger partial charge in [-0.2, -0.15) is 5.26 Å². The summed E-state index contributed by atoms with van der Waals surface area (Å²) in [4.78, 5) is 12.4. The Labute approximate surface area is 196 Å². The lowest BCUT2D eigenvalue weighted by Crippen LogP contribution is -2.21. The van der Waals surface area contributed by atoms with E-state index in [1.165, 1.54) is 0 Å². The van der Waals surface area contributed by atoms with Crippen molar-refractivity contribution in [1.29, 1.82) is 5.26 Å². The van der Waals surface area contributed by atoms with Gasteiger partial charge in [0, 0.05) is 22.2 Å². The van der Waals surface area contributed by atoms with Crippen molar-refractivity contribution in [1.82, 2.24) is 0 Å². The first-order valence-corrected chi connectivity index (χ1v) is 10.8. The van der Waals surface area contributed by atoms with Crippen LogP contribution < -0.4 is 19.9 Å². The number of nitrogens with two attached hydrogens (primary N) is 1. The highest BCUT2D eigenvalue weighted by Crippen LogP contribution is 2.45. The minimum absolute atomic E-state index is 0.00550. The fraction of sp³-hybridized carbons (Fsp3) is 0.154. The number of nitrogens with zero attached hydrogens (tertiary/aromatic N) is 1. The van der Waals surface area contributed by atoms with Gasteiger partial charge in [0.2, 0.25) is 5.88 Å². The zero-order valence-electron chi connectivity index (χ0n) is 17.9. The van der Waals surface area contributed by atoms with Crippen molar-refractivity contribution >= 4 is 17.6 Å². The summed E-state index contributed by atoms with van der Waals surface area (Å²) < 4.78 is 17.0. The molecule has 0 fully saturated rings. The van der Waals surface area contributed by atoms with Gasteiger partial charge in [0.05, 0.1) is 18.9 Å².